The van der Waals surface area contributed by atoms with Crippen LogP contribution in [0.4, 0.5) is 0 Å². The molecule has 3 aromatic rings. The molecule has 2 aromatic carbocycles. The van der Waals surface area contributed by atoms with Gasteiger partial charge in [-0.25, -0.2) is 0 Å². The van der Waals surface area contributed by atoms with Crippen molar-refractivity contribution in [1.29, 1.82) is 0 Å². The second-order valence-electron chi connectivity index (χ2n) is 8.48. The number of carbonyl (C=O) groups is 2. The number of nitrogens with zero attached hydrogens (tertiary/aromatic N) is 4. The Labute approximate surface area is 207 Å². The Morgan fingerprint density at radius 3 is 2.44 bits per heavy atom. The van der Waals surface area contributed by atoms with Crippen LogP contribution >= 0.6 is 22.9 Å². The van der Waals surface area contributed by atoms with Crippen molar-refractivity contribution in [2.75, 3.05) is 27.2 Å². The van der Waals surface area contributed by atoms with Gasteiger partial charge >= 0.3 is 0 Å². The maximum atomic E-state index is 13.0. The summed E-state index contributed by atoms with van der Waals surface area (Å²) in [5.74, 6) is -0.485. The number of carbonyl (C=O) groups excluding carboxylic acids is 2. The molecule has 1 atom stereocenters. The Morgan fingerprint density at radius 1 is 1.12 bits per heavy atom. The second kappa shape index (κ2) is 9.66. The zero-order chi connectivity index (χ0) is 24.5. The summed E-state index contributed by atoms with van der Waals surface area (Å²) < 4.78 is 0. The number of hydrogen-bond acceptors (Lipinski definition) is 6. The van der Waals surface area contributed by atoms with Crippen LogP contribution < -0.4 is 0 Å². The molecular formula is C25H25ClN4O3S. The Balaban J connectivity index is 1.48. The van der Waals surface area contributed by atoms with Crippen molar-refractivity contribution < 1.29 is 14.7 Å². The van der Waals surface area contributed by atoms with Gasteiger partial charge in [0, 0.05) is 32.7 Å². The van der Waals surface area contributed by atoms with E-state index in [1.807, 2.05) is 18.2 Å². The largest absolute Gasteiger partial charge is 0.376 e. The van der Waals surface area contributed by atoms with Crippen LogP contribution in [0.25, 0.3) is 16.1 Å². The molecule has 34 heavy (non-hydrogen) atoms. The molecule has 0 saturated heterocycles. The zero-order valence-corrected chi connectivity index (χ0v) is 20.7. The fourth-order valence-corrected chi connectivity index (χ4v) is 4.94. The molecule has 1 N–H and O–H groups in total. The molecule has 1 aliphatic heterocycles. The molecule has 1 unspecified atom stereocenters. The van der Waals surface area contributed by atoms with Gasteiger partial charge in [0.15, 0.2) is 5.60 Å². The maximum Gasteiger partial charge on any atom is 0.259 e. The van der Waals surface area contributed by atoms with Crippen molar-refractivity contribution in [3.8, 4) is 10.6 Å². The van der Waals surface area contributed by atoms with Gasteiger partial charge in [0.05, 0.1) is 10.6 Å². The lowest BCUT2D eigenvalue weighted by Crippen LogP contribution is -2.46. The normalized spacial score (nSPS) is 15.4. The van der Waals surface area contributed by atoms with Gasteiger partial charge in [-0.2, -0.15) is 0 Å². The van der Waals surface area contributed by atoms with Crippen molar-refractivity contribution in [2.45, 2.75) is 18.9 Å². The van der Waals surface area contributed by atoms with E-state index >= 15 is 0 Å². The first kappa shape index (κ1) is 24.1. The average Bonchev–Trinajstić information content (AvgIpc) is 3.34. The van der Waals surface area contributed by atoms with Crippen molar-refractivity contribution in [3.05, 3.63) is 75.8 Å². The van der Waals surface area contributed by atoms with E-state index < -0.39 is 5.60 Å². The van der Waals surface area contributed by atoms with Gasteiger partial charge in [-0.1, -0.05) is 65.4 Å². The van der Waals surface area contributed by atoms with Gasteiger partial charge in [0.2, 0.25) is 0 Å². The minimum absolute atomic E-state index is 0.160. The van der Waals surface area contributed by atoms with Crippen LogP contribution in [0.5, 0.6) is 0 Å². The molecule has 0 bridgehead atoms. The van der Waals surface area contributed by atoms with Gasteiger partial charge in [0.1, 0.15) is 10.0 Å². The van der Waals surface area contributed by atoms with E-state index in [4.69, 9.17) is 11.6 Å². The SMILES string of the molecule is CN(C)C(=O)c1ccc(-c2nnc(C3=CCN(C(=O)C(C)(O)c4ccccc4)CC3)s2)cc1Cl. The molecule has 1 aromatic heterocycles. The highest BCUT2D eigenvalue weighted by atomic mass is 35.5. The number of aliphatic hydroxyl groups is 1. The highest BCUT2D eigenvalue weighted by molar-refractivity contribution is 7.15. The summed E-state index contributed by atoms with van der Waals surface area (Å²) in [7, 11) is 3.36. The lowest BCUT2D eigenvalue weighted by molar-refractivity contribution is -0.150. The molecule has 2 heterocycles. The number of benzene rings is 2. The van der Waals surface area contributed by atoms with E-state index in [1.54, 1.807) is 55.4 Å². The first-order valence-corrected chi connectivity index (χ1v) is 12.0. The molecule has 0 spiro atoms. The van der Waals surface area contributed by atoms with Gasteiger partial charge in [0.25, 0.3) is 11.8 Å². The van der Waals surface area contributed by atoms with Crippen LogP contribution in [-0.4, -0.2) is 64.1 Å². The van der Waals surface area contributed by atoms with Gasteiger partial charge in [-0.15, -0.1) is 10.2 Å². The van der Waals surface area contributed by atoms with Crippen LogP contribution in [-0.2, 0) is 10.4 Å². The molecule has 0 aliphatic carbocycles. The van der Waals surface area contributed by atoms with E-state index in [1.165, 1.54) is 23.2 Å². The van der Waals surface area contributed by atoms with Crippen molar-refractivity contribution in [3.63, 3.8) is 0 Å². The molecule has 1 aliphatic rings. The minimum atomic E-state index is -1.58. The number of hydrogen-bond donors (Lipinski definition) is 1. The molecule has 0 saturated carbocycles. The van der Waals surface area contributed by atoms with Crippen molar-refractivity contribution in [1.82, 2.24) is 20.0 Å². The highest BCUT2D eigenvalue weighted by Crippen LogP contribution is 2.33. The van der Waals surface area contributed by atoms with E-state index in [2.05, 4.69) is 10.2 Å². The summed E-state index contributed by atoms with van der Waals surface area (Å²) in [5, 5.41) is 21.3. The summed E-state index contributed by atoms with van der Waals surface area (Å²) in [5.41, 5.74) is 1.22. The topological polar surface area (TPSA) is 86.6 Å². The highest BCUT2D eigenvalue weighted by Gasteiger charge is 2.36. The molecular weight excluding hydrogens is 472 g/mol. The van der Waals surface area contributed by atoms with Gasteiger partial charge in [-0.05, 0) is 36.6 Å². The number of amides is 2. The summed E-state index contributed by atoms with van der Waals surface area (Å²) in [6.45, 7) is 2.40. The Bertz CT molecular complexity index is 1250. The molecule has 2 amide bonds. The first-order valence-electron chi connectivity index (χ1n) is 10.8. The third kappa shape index (κ3) is 4.75. The standard InChI is InChI=1S/C25H25ClN4O3S/c1-25(33,18-7-5-4-6-8-18)24(32)30-13-11-16(12-14-30)21-27-28-22(34-21)17-9-10-19(20(26)15-17)23(31)29(2)3/h4-11,15,33H,12-14H2,1-3H3. The smallest absolute Gasteiger partial charge is 0.259 e. The van der Waals surface area contributed by atoms with Crippen LogP contribution in [0.2, 0.25) is 5.02 Å². The zero-order valence-electron chi connectivity index (χ0n) is 19.2. The third-order valence-corrected chi connectivity index (χ3v) is 7.16. The molecule has 0 fully saturated rings. The summed E-state index contributed by atoms with van der Waals surface area (Å²) in [6.07, 6.45) is 2.57. The Hall–Kier alpha value is -3.07. The lowest BCUT2D eigenvalue weighted by atomic mass is 9.93. The predicted molar refractivity (Wildman–Crippen MR) is 134 cm³/mol. The predicted octanol–water partition coefficient (Wildman–Crippen LogP) is 4.08. The quantitative estimate of drug-likeness (QED) is 0.575. The number of rotatable bonds is 5. The van der Waals surface area contributed by atoms with E-state index in [9.17, 15) is 14.7 Å². The molecule has 7 nitrogen and oxygen atoms in total. The van der Waals surface area contributed by atoms with Crippen LogP contribution in [0, 0.1) is 0 Å². The van der Waals surface area contributed by atoms with Crippen molar-refractivity contribution in [2.24, 2.45) is 0 Å². The summed E-state index contributed by atoms with van der Waals surface area (Å²) >= 11 is 7.78. The first-order chi connectivity index (χ1) is 16.2. The summed E-state index contributed by atoms with van der Waals surface area (Å²) in [4.78, 5) is 28.3. The van der Waals surface area contributed by atoms with Crippen LogP contribution in [0.1, 0.15) is 34.3 Å². The van der Waals surface area contributed by atoms with Crippen molar-refractivity contribution >= 4 is 40.3 Å². The molecule has 0 radical (unpaired) electrons. The fourth-order valence-electron chi connectivity index (χ4n) is 3.77. The van der Waals surface area contributed by atoms with E-state index in [-0.39, 0.29) is 11.8 Å². The molecule has 176 valence electrons. The fraction of sp³-hybridized carbons (Fsp3) is 0.280. The minimum Gasteiger partial charge on any atom is -0.376 e. The van der Waals surface area contributed by atoms with Crippen LogP contribution in [0.3, 0.4) is 0 Å². The maximum absolute atomic E-state index is 13.0. The third-order valence-electron chi connectivity index (χ3n) is 5.80. The average molecular weight is 497 g/mol. The van der Waals surface area contributed by atoms with Gasteiger partial charge in [-0.3, -0.25) is 9.59 Å². The number of halogens is 1. The Kier molecular flexibility index (Phi) is 6.84. The monoisotopic (exact) mass is 496 g/mol. The summed E-state index contributed by atoms with van der Waals surface area (Å²) in [6, 6.07) is 14.2. The van der Waals surface area contributed by atoms with Gasteiger partial charge < -0.3 is 14.9 Å². The molecule has 4 rings (SSSR count). The molecule has 9 heteroatoms. The lowest BCUT2D eigenvalue weighted by Gasteiger charge is -2.33. The van der Waals surface area contributed by atoms with Crippen LogP contribution in [0.15, 0.2) is 54.6 Å². The second-order valence-corrected chi connectivity index (χ2v) is 9.86. The Morgan fingerprint density at radius 2 is 1.82 bits per heavy atom. The van der Waals surface area contributed by atoms with E-state index in [0.717, 1.165) is 16.1 Å². The van der Waals surface area contributed by atoms with E-state index in [0.29, 0.717) is 40.7 Å². The number of aromatic nitrogens is 2.